The summed E-state index contributed by atoms with van der Waals surface area (Å²) in [4.78, 5) is 24.2. The Labute approximate surface area is 105 Å². The molecule has 0 saturated heterocycles. The van der Waals surface area contributed by atoms with Crippen molar-refractivity contribution >= 4 is 23.3 Å². The van der Waals surface area contributed by atoms with Gasteiger partial charge in [-0.1, -0.05) is 11.6 Å². The van der Waals surface area contributed by atoms with Gasteiger partial charge in [0.15, 0.2) is 5.69 Å². The lowest BCUT2D eigenvalue weighted by molar-refractivity contribution is -0.386. The Bertz CT molecular complexity index is 496. The first-order valence-electron chi connectivity index (χ1n) is 4.68. The van der Waals surface area contributed by atoms with E-state index < -0.39 is 39.4 Å². The fourth-order valence-electron chi connectivity index (χ4n) is 1.18. The van der Waals surface area contributed by atoms with Crippen LogP contribution in [0.25, 0.3) is 0 Å². The number of esters is 1. The molecule has 1 aromatic rings. The number of carbonyl (C=O) groups is 1. The molecule has 0 amide bonds. The van der Waals surface area contributed by atoms with Crippen LogP contribution in [0.1, 0.15) is 29.4 Å². The number of ether oxygens (including phenoxy) is 1. The molecule has 0 unspecified atom stereocenters. The van der Waals surface area contributed by atoms with E-state index in [1.807, 2.05) is 0 Å². The van der Waals surface area contributed by atoms with Gasteiger partial charge in [0, 0.05) is 0 Å². The predicted octanol–water partition coefficient (Wildman–Crippen LogP) is 2.76. The Kier molecular flexibility index (Phi) is 4.49. The highest BCUT2D eigenvalue weighted by atomic mass is 35.5. The minimum Gasteiger partial charge on any atom is -0.461 e. The predicted molar refractivity (Wildman–Crippen MR) is 56.8 cm³/mol. The van der Waals surface area contributed by atoms with Crippen LogP contribution in [0, 0.1) is 10.1 Å². The second-order valence-electron chi connectivity index (χ2n) is 3.01. The molecule has 0 saturated carbocycles. The number of aromatic nitrogens is 1. The summed E-state index contributed by atoms with van der Waals surface area (Å²) in [7, 11) is 0. The highest BCUT2D eigenvalue weighted by molar-refractivity contribution is 6.31. The standard InChI is InChI=1S/C9H7ClF2N2O4/c1-2-18-9(15)5-3-4(8(11)12)6(14(16)17)7(10)13-5/h3,8H,2H2,1H3. The molecule has 0 aliphatic rings. The highest BCUT2D eigenvalue weighted by Crippen LogP contribution is 2.34. The number of nitro groups is 1. The largest absolute Gasteiger partial charge is 0.461 e. The molecule has 9 heteroatoms. The van der Waals surface area contributed by atoms with Crippen molar-refractivity contribution in [2.75, 3.05) is 6.61 Å². The lowest BCUT2D eigenvalue weighted by atomic mass is 10.2. The molecule has 98 valence electrons. The van der Waals surface area contributed by atoms with Gasteiger partial charge in [-0.2, -0.15) is 0 Å². The molecule has 0 bridgehead atoms. The Morgan fingerprint density at radius 3 is 2.72 bits per heavy atom. The number of pyridine rings is 1. The summed E-state index contributed by atoms with van der Waals surface area (Å²) in [6.45, 7) is 1.53. The maximum Gasteiger partial charge on any atom is 0.356 e. The van der Waals surface area contributed by atoms with Gasteiger partial charge in [-0.3, -0.25) is 10.1 Å². The first-order chi connectivity index (χ1) is 8.38. The zero-order chi connectivity index (χ0) is 13.9. The van der Waals surface area contributed by atoms with Crippen LogP contribution in [0.5, 0.6) is 0 Å². The summed E-state index contributed by atoms with van der Waals surface area (Å²) in [5.41, 5.74) is -2.48. The number of rotatable bonds is 4. The Morgan fingerprint density at radius 1 is 1.67 bits per heavy atom. The number of nitrogens with zero attached hydrogens (tertiary/aromatic N) is 2. The SMILES string of the molecule is CCOC(=O)c1cc(C(F)F)c([N+](=O)[O-])c(Cl)n1. The minimum atomic E-state index is -3.15. The molecular formula is C9H7ClF2N2O4. The zero-order valence-corrected chi connectivity index (χ0v) is 9.78. The van der Waals surface area contributed by atoms with Gasteiger partial charge in [-0.15, -0.1) is 0 Å². The topological polar surface area (TPSA) is 82.3 Å². The first-order valence-corrected chi connectivity index (χ1v) is 5.06. The second-order valence-corrected chi connectivity index (χ2v) is 3.37. The van der Waals surface area contributed by atoms with Gasteiger partial charge in [0.1, 0.15) is 5.56 Å². The lowest BCUT2D eigenvalue weighted by Gasteiger charge is -2.06. The molecule has 1 heterocycles. The molecule has 6 nitrogen and oxygen atoms in total. The second kappa shape index (κ2) is 5.67. The summed E-state index contributed by atoms with van der Waals surface area (Å²) < 4.78 is 29.9. The molecule has 1 aromatic heterocycles. The Morgan fingerprint density at radius 2 is 2.28 bits per heavy atom. The van der Waals surface area contributed by atoms with Gasteiger partial charge in [-0.25, -0.2) is 18.6 Å². The van der Waals surface area contributed by atoms with E-state index in [4.69, 9.17) is 11.6 Å². The third-order valence-electron chi connectivity index (χ3n) is 1.88. The van der Waals surface area contributed by atoms with E-state index in [-0.39, 0.29) is 6.61 Å². The van der Waals surface area contributed by atoms with Crippen LogP contribution in [-0.2, 0) is 4.74 Å². The number of carbonyl (C=O) groups excluding carboxylic acids is 1. The van der Waals surface area contributed by atoms with Crippen molar-refractivity contribution in [3.8, 4) is 0 Å². The molecule has 0 fully saturated rings. The van der Waals surface area contributed by atoms with Crippen LogP contribution in [0.4, 0.5) is 14.5 Å². The number of hydrogen-bond acceptors (Lipinski definition) is 5. The molecular weight excluding hydrogens is 274 g/mol. The summed E-state index contributed by atoms with van der Waals surface area (Å²) >= 11 is 5.42. The Balaban J connectivity index is 3.36. The Hall–Kier alpha value is -1.83. The molecule has 0 atom stereocenters. The summed E-state index contributed by atoms with van der Waals surface area (Å²) in [6, 6.07) is 0.604. The fraction of sp³-hybridized carbons (Fsp3) is 0.333. The van der Waals surface area contributed by atoms with E-state index in [1.165, 1.54) is 6.92 Å². The van der Waals surface area contributed by atoms with Crippen LogP contribution in [-0.4, -0.2) is 22.5 Å². The first kappa shape index (κ1) is 14.2. The van der Waals surface area contributed by atoms with Crippen molar-refractivity contribution in [2.24, 2.45) is 0 Å². The third kappa shape index (κ3) is 2.89. The molecule has 0 N–H and O–H groups in total. The summed E-state index contributed by atoms with van der Waals surface area (Å²) in [6.07, 6.45) is -3.15. The number of halogens is 3. The van der Waals surface area contributed by atoms with Crippen LogP contribution in [0.15, 0.2) is 6.07 Å². The average Bonchev–Trinajstić information content (AvgIpc) is 2.27. The highest BCUT2D eigenvalue weighted by Gasteiger charge is 2.29. The van der Waals surface area contributed by atoms with Crippen molar-refractivity contribution < 1.29 is 23.2 Å². The molecule has 0 aliphatic carbocycles. The van der Waals surface area contributed by atoms with E-state index >= 15 is 0 Å². The fourth-order valence-corrected chi connectivity index (χ4v) is 1.45. The van der Waals surface area contributed by atoms with Crippen molar-refractivity contribution in [2.45, 2.75) is 13.3 Å². The van der Waals surface area contributed by atoms with Gasteiger partial charge < -0.3 is 4.74 Å². The van der Waals surface area contributed by atoms with E-state index in [9.17, 15) is 23.7 Å². The van der Waals surface area contributed by atoms with Crippen molar-refractivity contribution in [3.63, 3.8) is 0 Å². The van der Waals surface area contributed by atoms with Gasteiger partial charge in [0.2, 0.25) is 5.15 Å². The van der Waals surface area contributed by atoms with E-state index in [2.05, 4.69) is 9.72 Å². The van der Waals surface area contributed by atoms with Crippen LogP contribution in [0.3, 0.4) is 0 Å². The van der Waals surface area contributed by atoms with Crippen LogP contribution in [0.2, 0.25) is 5.15 Å². The molecule has 0 spiro atoms. The van der Waals surface area contributed by atoms with Crippen LogP contribution >= 0.6 is 11.6 Å². The average molecular weight is 281 g/mol. The quantitative estimate of drug-likeness (QED) is 0.366. The molecule has 0 aliphatic heterocycles. The minimum absolute atomic E-state index is 0.0130. The van der Waals surface area contributed by atoms with Crippen molar-refractivity contribution in [3.05, 3.63) is 32.6 Å². The van der Waals surface area contributed by atoms with Gasteiger partial charge in [0.05, 0.1) is 11.5 Å². The monoisotopic (exact) mass is 280 g/mol. The summed E-state index contributed by atoms with van der Waals surface area (Å²) in [5, 5.41) is 9.81. The molecule has 18 heavy (non-hydrogen) atoms. The lowest BCUT2D eigenvalue weighted by Crippen LogP contribution is -2.10. The van der Waals surface area contributed by atoms with Gasteiger partial charge in [0.25, 0.3) is 6.43 Å². The molecule has 0 radical (unpaired) electrons. The van der Waals surface area contributed by atoms with Crippen molar-refractivity contribution in [1.29, 1.82) is 0 Å². The van der Waals surface area contributed by atoms with E-state index in [1.54, 1.807) is 0 Å². The van der Waals surface area contributed by atoms with Gasteiger partial charge >= 0.3 is 11.7 Å². The molecule has 1 rings (SSSR count). The number of hydrogen-bond donors (Lipinski definition) is 0. The van der Waals surface area contributed by atoms with E-state index in [0.717, 1.165) is 0 Å². The normalized spacial score (nSPS) is 10.5. The smallest absolute Gasteiger partial charge is 0.356 e. The maximum absolute atomic E-state index is 12.7. The number of alkyl halides is 2. The third-order valence-corrected chi connectivity index (χ3v) is 2.15. The van der Waals surface area contributed by atoms with Gasteiger partial charge in [-0.05, 0) is 13.0 Å². The maximum atomic E-state index is 12.7. The zero-order valence-electron chi connectivity index (χ0n) is 9.02. The van der Waals surface area contributed by atoms with Crippen LogP contribution < -0.4 is 0 Å². The molecule has 0 aromatic carbocycles. The summed E-state index contributed by atoms with van der Waals surface area (Å²) in [5.74, 6) is -0.976. The van der Waals surface area contributed by atoms with E-state index in [0.29, 0.717) is 6.07 Å². The van der Waals surface area contributed by atoms with Crippen molar-refractivity contribution in [1.82, 2.24) is 4.98 Å².